The summed E-state index contributed by atoms with van der Waals surface area (Å²) in [5.41, 5.74) is 1.96. The minimum absolute atomic E-state index is 0.0616. The summed E-state index contributed by atoms with van der Waals surface area (Å²) >= 11 is 1.80. The Morgan fingerprint density at radius 2 is 2.36 bits per heavy atom. The van der Waals surface area contributed by atoms with Crippen LogP contribution in [0.1, 0.15) is 25.3 Å². The fourth-order valence-corrected chi connectivity index (χ4v) is 3.10. The van der Waals surface area contributed by atoms with Gasteiger partial charge in [-0.15, -0.1) is 18.2 Å². The van der Waals surface area contributed by atoms with E-state index in [2.05, 4.69) is 18.6 Å². The molecule has 0 aromatic heterocycles. The number of rotatable bonds is 6. The molecule has 0 fully saturated rings. The van der Waals surface area contributed by atoms with Gasteiger partial charge < -0.3 is 4.74 Å². The Balaban J connectivity index is 1.98. The lowest BCUT2D eigenvalue weighted by molar-refractivity contribution is -0.120. The third-order valence-electron chi connectivity index (χ3n) is 3.53. The first-order valence-electron chi connectivity index (χ1n) is 7.35. The molecule has 114 valence electrons. The van der Waals surface area contributed by atoms with Crippen LogP contribution < -0.4 is 4.74 Å². The van der Waals surface area contributed by atoms with Gasteiger partial charge in [-0.1, -0.05) is 30.7 Å². The zero-order valence-electron chi connectivity index (χ0n) is 12.8. The maximum atomic E-state index is 12.1. The van der Waals surface area contributed by atoms with Crippen LogP contribution in [-0.4, -0.2) is 18.1 Å². The van der Waals surface area contributed by atoms with Crippen LogP contribution in [0.5, 0.6) is 5.75 Å². The predicted octanol–water partition coefficient (Wildman–Crippen LogP) is 4.36. The molecule has 1 unspecified atom stereocenters. The molecule has 1 aliphatic rings. The number of allylic oxidation sites excluding steroid dienone is 3. The van der Waals surface area contributed by atoms with Crippen LogP contribution in [0.25, 0.3) is 5.57 Å². The molecule has 0 saturated heterocycles. The van der Waals surface area contributed by atoms with E-state index in [1.807, 2.05) is 25.1 Å². The van der Waals surface area contributed by atoms with Crippen molar-refractivity contribution in [3.63, 3.8) is 0 Å². The number of carbonyl (C=O) groups excluding carboxylic acids is 1. The largest absolute Gasteiger partial charge is 0.492 e. The average molecular weight is 312 g/mol. The normalized spacial score (nSPS) is 14.7. The molecule has 0 saturated carbocycles. The summed E-state index contributed by atoms with van der Waals surface area (Å²) < 4.78 is 5.66. The van der Waals surface area contributed by atoms with Gasteiger partial charge in [0.2, 0.25) is 0 Å². The second-order valence-electron chi connectivity index (χ2n) is 5.10. The molecule has 0 bridgehead atoms. The van der Waals surface area contributed by atoms with Crippen molar-refractivity contribution in [3.8, 4) is 18.1 Å². The van der Waals surface area contributed by atoms with Gasteiger partial charge in [-0.3, -0.25) is 4.79 Å². The smallest absolute Gasteiger partial charge is 0.151 e. The number of benzene rings is 1. The lowest BCUT2D eigenvalue weighted by atomic mass is 9.96. The van der Waals surface area contributed by atoms with Gasteiger partial charge in [0.25, 0.3) is 0 Å². The molecule has 22 heavy (non-hydrogen) atoms. The van der Waals surface area contributed by atoms with Gasteiger partial charge in [0, 0.05) is 17.1 Å². The summed E-state index contributed by atoms with van der Waals surface area (Å²) in [5, 5.41) is 0. The topological polar surface area (TPSA) is 26.3 Å². The minimum Gasteiger partial charge on any atom is -0.492 e. The highest BCUT2D eigenvalue weighted by Crippen LogP contribution is 2.35. The number of terminal acetylenes is 1. The van der Waals surface area contributed by atoms with Gasteiger partial charge in [-0.05, 0) is 36.6 Å². The summed E-state index contributed by atoms with van der Waals surface area (Å²) in [7, 11) is 0. The Kier molecular flexibility index (Phi) is 5.91. The molecule has 1 aromatic carbocycles. The van der Waals surface area contributed by atoms with E-state index >= 15 is 0 Å². The molecule has 0 spiro atoms. The van der Waals surface area contributed by atoms with Crippen molar-refractivity contribution in [3.05, 3.63) is 42.5 Å². The third kappa shape index (κ3) is 4.05. The van der Waals surface area contributed by atoms with Crippen molar-refractivity contribution >= 4 is 23.1 Å². The lowest BCUT2D eigenvalue weighted by Gasteiger charge is -2.18. The SMILES string of the molecule is C#CC(/C=C\C)C(=O)CCC(=C)c1ccc2c(c1)OCCS2. The third-order valence-corrected chi connectivity index (χ3v) is 4.55. The molecule has 1 aromatic rings. The Labute approximate surface area is 136 Å². The number of hydrogen-bond acceptors (Lipinski definition) is 3. The van der Waals surface area contributed by atoms with Crippen LogP contribution in [-0.2, 0) is 4.79 Å². The second-order valence-corrected chi connectivity index (χ2v) is 6.24. The number of hydrogen-bond donors (Lipinski definition) is 0. The van der Waals surface area contributed by atoms with E-state index in [0.717, 1.165) is 29.2 Å². The molecule has 1 heterocycles. The van der Waals surface area contributed by atoms with Gasteiger partial charge in [0.1, 0.15) is 5.75 Å². The van der Waals surface area contributed by atoms with Crippen LogP contribution in [0.15, 0.2) is 41.8 Å². The molecule has 0 N–H and O–H groups in total. The van der Waals surface area contributed by atoms with E-state index in [1.54, 1.807) is 17.8 Å². The molecule has 1 aliphatic heterocycles. The molecular formula is C19H20O2S. The fourth-order valence-electron chi connectivity index (χ4n) is 2.29. The van der Waals surface area contributed by atoms with Crippen LogP contribution in [0.2, 0.25) is 0 Å². The van der Waals surface area contributed by atoms with E-state index in [-0.39, 0.29) is 5.78 Å². The first-order valence-corrected chi connectivity index (χ1v) is 8.33. The lowest BCUT2D eigenvalue weighted by Crippen LogP contribution is -2.10. The van der Waals surface area contributed by atoms with Gasteiger partial charge in [-0.2, -0.15) is 0 Å². The summed E-state index contributed by atoms with van der Waals surface area (Å²) in [5.74, 6) is 4.05. The van der Waals surface area contributed by atoms with Crippen molar-refractivity contribution in [1.82, 2.24) is 0 Å². The maximum absolute atomic E-state index is 12.1. The van der Waals surface area contributed by atoms with Crippen molar-refractivity contribution in [2.75, 3.05) is 12.4 Å². The predicted molar refractivity (Wildman–Crippen MR) is 93.1 cm³/mol. The van der Waals surface area contributed by atoms with Crippen LogP contribution in [0.3, 0.4) is 0 Å². The summed E-state index contributed by atoms with van der Waals surface area (Å²) in [6.07, 6.45) is 9.98. The van der Waals surface area contributed by atoms with Crippen LogP contribution in [0, 0.1) is 18.3 Å². The standard InChI is InChI=1S/C19H20O2S/c1-4-6-15(5-2)17(20)9-7-14(3)16-8-10-19-18(13-16)21-11-12-22-19/h2,4,6,8,10,13,15H,3,7,9,11-12H2,1H3/b6-4-. The van der Waals surface area contributed by atoms with E-state index in [0.29, 0.717) is 12.8 Å². The molecule has 2 rings (SSSR count). The molecular weight excluding hydrogens is 292 g/mol. The van der Waals surface area contributed by atoms with E-state index in [4.69, 9.17) is 11.2 Å². The summed E-state index contributed by atoms with van der Waals surface area (Å²) in [4.78, 5) is 13.2. The zero-order chi connectivity index (χ0) is 15.9. The van der Waals surface area contributed by atoms with Gasteiger partial charge in [0.05, 0.1) is 12.5 Å². The number of fused-ring (bicyclic) bond motifs is 1. The Morgan fingerprint density at radius 3 is 3.09 bits per heavy atom. The van der Waals surface area contributed by atoms with Crippen LogP contribution >= 0.6 is 11.8 Å². The molecule has 0 radical (unpaired) electrons. The summed E-state index contributed by atoms with van der Waals surface area (Å²) in [6.45, 7) is 6.69. The van der Waals surface area contributed by atoms with Gasteiger partial charge in [-0.25, -0.2) is 0 Å². The Hall–Kier alpha value is -1.92. The molecule has 3 heteroatoms. The maximum Gasteiger partial charge on any atom is 0.151 e. The summed E-state index contributed by atoms with van der Waals surface area (Å²) in [6, 6.07) is 6.11. The number of carbonyl (C=O) groups is 1. The van der Waals surface area contributed by atoms with E-state index in [1.165, 1.54) is 4.90 Å². The van der Waals surface area contributed by atoms with Gasteiger partial charge >= 0.3 is 0 Å². The molecule has 0 aliphatic carbocycles. The quantitative estimate of drug-likeness (QED) is 0.577. The highest BCUT2D eigenvalue weighted by molar-refractivity contribution is 7.99. The Bertz CT molecular complexity index is 637. The van der Waals surface area contributed by atoms with Crippen LogP contribution in [0.4, 0.5) is 0 Å². The fraction of sp³-hybridized carbons (Fsp3) is 0.316. The molecule has 2 nitrogen and oxygen atoms in total. The van der Waals surface area contributed by atoms with Gasteiger partial charge in [0.15, 0.2) is 5.78 Å². The van der Waals surface area contributed by atoms with E-state index < -0.39 is 5.92 Å². The monoisotopic (exact) mass is 312 g/mol. The van der Waals surface area contributed by atoms with Crippen molar-refractivity contribution < 1.29 is 9.53 Å². The second kappa shape index (κ2) is 7.91. The Morgan fingerprint density at radius 1 is 1.55 bits per heavy atom. The van der Waals surface area contributed by atoms with E-state index in [9.17, 15) is 4.79 Å². The zero-order valence-corrected chi connectivity index (χ0v) is 13.6. The molecule has 0 amide bonds. The molecule has 1 atom stereocenters. The minimum atomic E-state index is -0.430. The number of ketones is 1. The van der Waals surface area contributed by atoms with Crippen molar-refractivity contribution in [2.45, 2.75) is 24.7 Å². The highest BCUT2D eigenvalue weighted by atomic mass is 32.2. The average Bonchev–Trinajstić information content (AvgIpc) is 2.56. The van der Waals surface area contributed by atoms with Crippen molar-refractivity contribution in [2.24, 2.45) is 5.92 Å². The first kappa shape index (κ1) is 16.5. The number of thioether (sulfide) groups is 1. The van der Waals surface area contributed by atoms with Crippen molar-refractivity contribution in [1.29, 1.82) is 0 Å². The first-order chi connectivity index (χ1) is 10.7. The number of Topliss-reactive ketones (excluding diaryl/α,β-unsaturated/α-hetero) is 1. The highest BCUT2D eigenvalue weighted by Gasteiger charge is 2.15. The number of ether oxygens (including phenoxy) is 1.